The fourth-order valence-electron chi connectivity index (χ4n) is 3.13. The van der Waals surface area contributed by atoms with Gasteiger partial charge in [0.15, 0.2) is 0 Å². The molecule has 0 spiro atoms. The first-order valence-corrected chi connectivity index (χ1v) is 10.5. The van der Waals surface area contributed by atoms with Crippen LogP contribution in [0.25, 0.3) is 0 Å². The van der Waals surface area contributed by atoms with Gasteiger partial charge in [-0.05, 0) is 36.4 Å². The molecule has 1 heterocycles. The summed E-state index contributed by atoms with van der Waals surface area (Å²) in [5.74, 6) is -0.128. The Bertz CT molecular complexity index is 899. The van der Waals surface area contributed by atoms with Crippen molar-refractivity contribution in [1.82, 2.24) is 4.90 Å². The van der Waals surface area contributed by atoms with E-state index in [2.05, 4.69) is 26.1 Å². The third-order valence-electron chi connectivity index (χ3n) is 4.65. The predicted octanol–water partition coefficient (Wildman–Crippen LogP) is 5.07. The van der Waals surface area contributed by atoms with Crippen LogP contribution in [0.4, 0.5) is 11.4 Å². The average molecular weight is 485 g/mol. The first-order valence-electron chi connectivity index (χ1n) is 8.97. The molecule has 1 N–H and O–H groups in total. The summed E-state index contributed by atoms with van der Waals surface area (Å²) in [5.41, 5.74) is 1.87. The van der Waals surface area contributed by atoms with E-state index in [1.807, 2.05) is 24.0 Å². The monoisotopic (exact) mass is 483 g/mol. The van der Waals surface area contributed by atoms with E-state index in [1.165, 1.54) is 0 Å². The molecule has 8 heteroatoms. The Morgan fingerprint density at radius 1 is 1.04 bits per heavy atom. The molecule has 0 atom stereocenters. The minimum Gasteiger partial charge on any atom is -0.367 e. The fraction of sp³-hybridized carbons (Fsp3) is 0.300. The number of anilines is 2. The van der Waals surface area contributed by atoms with Gasteiger partial charge in [-0.1, -0.05) is 46.1 Å². The predicted molar refractivity (Wildman–Crippen MR) is 118 cm³/mol. The molecule has 1 saturated heterocycles. The van der Waals surface area contributed by atoms with Crippen molar-refractivity contribution in [3.05, 3.63) is 56.5 Å². The summed E-state index contributed by atoms with van der Waals surface area (Å²) in [7, 11) is 0. The largest absolute Gasteiger partial charge is 0.367 e. The zero-order valence-corrected chi connectivity index (χ0v) is 18.4. The molecule has 0 radical (unpaired) electrons. The Balaban J connectivity index is 1.68. The second-order valence-electron chi connectivity index (χ2n) is 6.47. The second-order valence-corrected chi connectivity index (χ2v) is 8.20. The molecular weight excluding hydrogens is 465 g/mol. The minimum atomic E-state index is -0.304. The van der Waals surface area contributed by atoms with E-state index < -0.39 is 0 Å². The molecule has 3 rings (SSSR count). The van der Waals surface area contributed by atoms with Gasteiger partial charge in [-0.3, -0.25) is 9.59 Å². The maximum atomic E-state index is 12.5. The van der Waals surface area contributed by atoms with Crippen molar-refractivity contribution < 1.29 is 9.59 Å². The normalized spacial score (nSPS) is 14.1. The average Bonchev–Trinajstić information content (AvgIpc) is 2.69. The third kappa shape index (κ3) is 4.80. The SMILES string of the molecule is CCC(=O)N1CCN(c2ccc(NC(=O)c3cc(Br)ccc3Cl)cc2Cl)CC1. The van der Waals surface area contributed by atoms with Gasteiger partial charge in [0.05, 0.1) is 21.3 Å². The van der Waals surface area contributed by atoms with Gasteiger partial charge in [0.25, 0.3) is 5.91 Å². The van der Waals surface area contributed by atoms with E-state index in [-0.39, 0.29) is 11.8 Å². The number of rotatable bonds is 4. The van der Waals surface area contributed by atoms with Crippen molar-refractivity contribution in [2.75, 3.05) is 36.4 Å². The van der Waals surface area contributed by atoms with E-state index in [0.29, 0.717) is 40.8 Å². The van der Waals surface area contributed by atoms with Crippen LogP contribution < -0.4 is 10.2 Å². The van der Waals surface area contributed by atoms with Crippen molar-refractivity contribution in [1.29, 1.82) is 0 Å². The molecule has 2 aromatic rings. The van der Waals surface area contributed by atoms with Crippen LogP contribution in [-0.2, 0) is 4.79 Å². The van der Waals surface area contributed by atoms with Crippen LogP contribution in [0.1, 0.15) is 23.7 Å². The maximum Gasteiger partial charge on any atom is 0.257 e. The van der Waals surface area contributed by atoms with Crippen molar-refractivity contribution in [3.8, 4) is 0 Å². The van der Waals surface area contributed by atoms with Crippen molar-refractivity contribution in [2.24, 2.45) is 0 Å². The van der Waals surface area contributed by atoms with Gasteiger partial charge in [-0.15, -0.1) is 0 Å². The molecule has 1 aliphatic rings. The maximum absolute atomic E-state index is 12.5. The lowest BCUT2D eigenvalue weighted by Crippen LogP contribution is -2.48. The second kappa shape index (κ2) is 9.16. The summed E-state index contributed by atoms with van der Waals surface area (Å²) in [4.78, 5) is 28.3. The Hall–Kier alpha value is -1.76. The fourth-order valence-corrected chi connectivity index (χ4v) is 4.00. The molecule has 0 bridgehead atoms. The highest BCUT2D eigenvalue weighted by molar-refractivity contribution is 9.10. The summed E-state index contributed by atoms with van der Waals surface area (Å²) < 4.78 is 0.774. The van der Waals surface area contributed by atoms with E-state index in [1.54, 1.807) is 24.3 Å². The number of nitrogens with zero attached hydrogens (tertiary/aromatic N) is 2. The highest BCUT2D eigenvalue weighted by Crippen LogP contribution is 2.30. The van der Waals surface area contributed by atoms with Crippen LogP contribution in [0.5, 0.6) is 0 Å². The molecule has 2 aromatic carbocycles. The number of amides is 2. The lowest BCUT2D eigenvalue weighted by Gasteiger charge is -2.36. The van der Waals surface area contributed by atoms with Gasteiger partial charge in [-0.25, -0.2) is 0 Å². The molecule has 0 unspecified atom stereocenters. The number of carbonyl (C=O) groups excluding carboxylic acids is 2. The molecule has 5 nitrogen and oxygen atoms in total. The van der Waals surface area contributed by atoms with Gasteiger partial charge in [0.1, 0.15) is 0 Å². The van der Waals surface area contributed by atoms with Crippen LogP contribution in [0.2, 0.25) is 10.0 Å². The van der Waals surface area contributed by atoms with Crippen LogP contribution in [0, 0.1) is 0 Å². The summed E-state index contributed by atoms with van der Waals surface area (Å²) in [6.07, 6.45) is 0.525. The zero-order valence-electron chi connectivity index (χ0n) is 15.3. The van der Waals surface area contributed by atoms with Gasteiger partial charge in [-0.2, -0.15) is 0 Å². The van der Waals surface area contributed by atoms with E-state index in [0.717, 1.165) is 23.2 Å². The highest BCUT2D eigenvalue weighted by Gasteiger charge is 2.21. The number of nitrogens with one attached hydrogen (secondary N) is 1. The molecule has 28 heavy (non-hydrogen) atoms. The number of halogens is 3. The van der Waals surface area contributed by atoms with Crippen molar-refractivity contribution in [2.45, 2.75) is 13.3 Å². The smallest absolute Gasteiger partial charge is 0.257 e. The number of hydrogen-bond acceptors (Lipinski definition) is 3. The van der Waals surface area contributed by atoms with E-state index >= 15 is 0 Å². The van der Waals surface area contributed by atoms with Crippen molar-refractivity contribution >= 4 is 62.3 Å². The van der Waals surface area contributed by atoms with Gasteiger partial charge in [0.2, 0.25) is 5.91 Å². The molecule has 0 aromatic heterocycles. The molecule has 148 valence electrons. The molecular formula is C20H20BrCl2N3O2. The zero-order chi connectivity index (χ0) is 20.3. The number of carbonyl (C=O) groups is 2. The lowest BCUT2D eigenvalue weighted by molar-refractivity contribution is -0.131. The third-order valence-corrected chi connectivity index (χ3v) is 5.78. The Kier molecular flexibility index (Phi) is 6.86. The van der Waals surface area contributed by atoms with E-state index in [4.69, 9.17) is 23.2 Å². The summed E-state index contributed by atoms with van der Waals surface area (Å²) in [5, 5.41) is 3.75. The standard InChI is InChI=1S/C20H20BrCl2N3O2/c1-2-19(27)26-9-7-25(8-10-26)18-6-4-14(12-17(18)23)24-20(28)15-11-13(21)3-5-16(15)22/h3-6,11-12H,2,7-10H2,1H3,(H,24,28). The summed E-state index contributed by atoms with van der Waals surface area (Å²) >= 11 is 15.9. The van der Waals surface area contributed by atoms with Crippen molar-refractivity contribution in [3.63, 3.8) is 0 Å². The first-order chi connectivity index (χ1) is 13.4. The van der Waals surface area contributed by atoms with E-state index in [9.17, 15) is 9.59 Å². The summed E-state index contributed by atoms with van der Waals surface area (Å²) in [6, 6.07) is 10.5. The van der Waals surface area contributed by atoms with Crippen LogP contribution >= 0.6 is 39.1 Å². The number of piperazine rings is 1. The van der Waals surface area contributed by atoms with Crippen LogP contribution in [-0.4, -0.2) is 42.9 Å². The molecule has 2 amide bonds. The Morgan fingerprint density at radius 3 is 2.39 bits per heavy atom. The molecule has 1 aliphatic heterocycles. The number of benzene rings is 2. The topological polar surface area (TPSA) is 52.7 Å². The molecule has 0 saturated carbocycles. The molecule has 0 aliphatic carbocycles. The highest BCUT2D eigenvalue weighted by atomic mass is 79.9. The Morgan fingerprint density at radius 2 is 1.75 bits per heavy atom. The van der Waals surface area contributed by atoms with Crippen LogP contribution in [0.15, 0.2) is 40.9 Å². The Labute approximate surface area is 182 Å². The number of hydrogen-bond donors (Lipinski definition) is 1. The first kappa shape index (κ1) is 21.0. The quantitative estimate of drug-likeness (QED) is 0.659. The lowest BCUT2D eigenvalue weighted by atomic mass is 10.2. The van der Waals surface area contributed by atoms with Gasteiger partial charge < -0.3 is 15.1 Å². The van der Waals surface area contributed by atoms with Crippen LogP contribution in [0.3, 0.4) is 0 Å². The minimum absolute atomic E-state index is 0.176. The summed E-state index contributed by atoms with van der Waals surface area (Å²) in [6.45, 7) is 4.70. The van der Waals surface area contributed by atoms with Gasteiger partial charge >= 0.3 is 0 Å². The van der Waals surface area contributed by atoms with Gasteiger partial charge in [0, 0.05) is 42.8 Å². The molecule has 1 fully saturated rings.